The molecule has 4 heteroatoms. The van der Waals surface area contributed by atoms with Crippen LogP contribution in [0.4, 0.5) is 0 Å². The van der Waals surface area contributed by atoms with Crippen molar-refractivity contribution in [3.63, 3.8) is 0 Å². The van der Waals surface area contributed by atoms with Gasteiger partial charge in [-0.2, -0.15) is 0 Å². The molecule has 4 rings (SSSR count). The highest BCUT2D eigenvalue weighted by molar-refractivity contribution is 8.08. The van der Waals surface area contributed by atoms with Gasteiger partial charge in [0.25, 0.3) is 0 Å². The van der Waals surface area contributed by atoms with Crippen molar-refractivity contribution in [2.24, 2.45) is 11.8 Å². The minimum atomic E-state index is 0.555. The maximum atomic E-state index is 5.62. The Kier molecular flexibility index (Phi) is 5.00. The highest BCUT2D eigenvalue weighted by atomic mass is 32.2. The van der Waals surface area contributed by atoms with Crippen LogP contribution in [0.1, 0.15) is 41.3 Å². The van der Waals surface area contributed by atoms with E-state index in [1.807, 2.05) is 25.6 Å². The van der Waals surface area contributed by atoms with Crippen molar-refractivity contribution in [1.82, 2.24) is 5.16 Å². The molecule has 1 aromatic carbocycles. The van der Waals surface area contributed by atoms with Gasteiger partial charge in [-0.15, -0.1) is 11.8 Å². The number of rotatable bonds is 4. The van der Waals surface area contributed by atoms with Gasteiger partial charge in [0.2, 0.25) is 0 Å². The summed E-state index contributed by atoms with van der Waals surface area (Å²) in [7, 11) is 0. The van der Waals surface area contributed by atoms with Gasteiger partial charge in [0.05, 0.1) is 11.3 Å². The van der Waals surface area contributed by atoms with Crippen LogP contribution in [-0.2, 0) is 4.74 Å². The van der Waals surface area contributed by atoms with Gasteiger partial charge in [-0.1, -0.05) is 41.6 Å². The van der Waals surface area contributed by atoms with E-state index in [0.29, 0.717) is 17.8 Å². The first-order valence-electron chi connectivity index (χ1n) is 9.14. The molecule has 0 spiro atoms. The molecule has 1 saturated heterocycles. The van der Waals surface area contributed by atoms with E-state index < -0.39 is 0 Å². The number of aryl methyl sites for hydroxylation is 2. The van der Waals surface area contributed by atoms with Crippen LogP contribution in [0, 0.1) is 25.7 Å². The molecule has 2 aliphatic rings. The Hall–Kier alpha value is -1.52. The monoisotopic (exact) mass is 355 g/mol. The summed E-state index contributed by atoms with van der Waals surface area (Å²) in [6, 6.07) is 11.0. The maximum Gasteiger partial charge on any atom is 0.142 e. The van der Waals surface area contributed by atoms with Crippen molar-refractivity contribution in [2.45, 2.75) is 32.6 Å². The first kappa shape index (κ1) is 16.9. The average Bonchev–Trinajstić information content (AvgIpc) is 3.24. The Bertz CT molecular complexity index is 727. The molecule has 132 valence electrons. The van der Waals surface area contributed by atoms with Crippen molar-refractivity contribution >= 4 is 16.7 Å². The fourth-order valence-corrected chi connectivity index (χ4v) is 5.68. The molecular formula is C21H25NO2S. The number of ether oxygens (including phenoxy) is 1. The van der Waals surface area contributed by atoms with Crippen LogP contribution in [0.15, 0.2) is 40.9 Å². The lowest BCUT2D eigenvalue weighted by Gasteiger charge is -2.34. The normalized spacial score (nSPS) is 22.8. The molecule has 1 fully saturated rings. The number of benzene rings is 1. The molecule has 2 atom stereocenters. The standard InChI is InChI=1S/C21H25NO2S/c1-14-20(15(2)24-22-14)19-12-18(13-25-19)21(16-6-4-3-5-7-16)17-8-10-23-11-9-17/h3-7,12,17-18,21H,8-11,13H2,1-2H3. The Morgan fingerprint density at radius 3 is 2.56 bits per heavy atom. The number of allylic oxidation sites excluding steroid dienone is 1. The van der Waals surface area contributed by atoms with Gasteiger partial charge in [-0.3, -0.25) is 0 Å². The van der Waals surface area contributed by atoms with Crippen molar-refractivity contribution in [3.8, 4) is 0 Å². The van der Waals surface area contributed by atoms with Gasteiger partial charge in [0.1, 0.15) is 5.76 Å². The van der Waals surface area contributed by atoms with E-state index in [0.717, 1.165) is 43.3 Å². The molecule has 0 saturated carbocycles. The number of aromatic nitrogens is 1. The van der Waals surface area contributed by atoms with Crippen LogP contribution < -0.4 is 0 Å². The van der Waals surface area contributed by atoms with E-state index in [9.17, 15) is 0 Å². The summed E-state index contributed by atoms with van der Waals surface area (Å²) in [4.78, 5) is 1.34. The van der Waals surface area contributed by atoms with Crippen LogP contribution in [0.2, 0.25) is 0 Å². The molecule has 2 aromatic rings. The molecule has 0 radical (unpaired) electrons. The first-order valence-corrected chi connectivity index (χ1v) is 10.1. The van der Waals surface area contributed by atoms with Crippen LogP contribution in [-0.4, -0.2) is 24.1 Å². The molecule has 3 heterocycles. The third-order valence-electron chi connectivity index (χ3n) is 5.50. The largest absolute Gasteiger partial charge is 0.381 e. The molecule has 0 N–H and O–H groups in total. The Morgan fingerprint density at radius 1 is 1.12 bits per heavy atom. The van der Waals surface area contributed by atoms with Crippen LogP contribution >= 0.6 is 11.8 Å². The molecular weight excluding hydrogens is 330 g/mol. The number of nitrogens with zero attached hydrogens (tertiary/aromatic N) is 1. The first-order chi connectivity index (χ1) is 12.2. The minimum Gasteiger partial charge on any atom is -0.381 e. The highest BCUT2D eigenvalue weighted by Gasteiger charge is 2.34. The second-order valence-electron chi connectivity index (χ2n) is 7.09. The smallest absolute Gasteiger partial charge is 0.142 e. The van der Waals surface area contributed by atoms with E-state index in [4.69, 9.17) is 9.26 Å². The lowest BCUT2D eigenvalue weighted by molar-refractivity contribution is 0.0540. The Balaban J connectivity index is 1.66. The summed E-state index contributed by atoms with van der Waals surface area (Å²) < 4.78 is 11.0. The predicted molar refractivity (Wildman–Crippen MR) is 103 cm³/mol. The number of hydrogen-bond acceptors (Lipinski definition) is 4. The Labute approximate surface area is 153 Å². The summed E-state index contributed by atoms with van der Waals surface area (Å²) in [5.41, 5.74) is 3.67. The van der Waals surface area contributed by atoms with E-state index in [2.05, 4.69) is 41.6 Å². The Morgan fingerprint density at radius 2 is 1.88 bits per heavy atom. The van der Waals surface area contributed by atoms with Gasteiger partial charge in [0, 0.05) is 23.9 Å². The van der Waals surface area contributed by atoms with Crippen LogP contribution in [0.3, 0.4) is 0 Å². The molecule has 1 aromatic heterocycles. The third-order valence-corrected chi connectivity index (χ3v) is 6.70. The number of thioether (sulfide) groups is 1. The summed E-state index contributed by atoms with van der Waals surface area (Å²) in [5, 5.41) is 4.13. The highest BCUT2D eigenvalue weighted by Crippen LogP contribution is 2.48. The molecule has 2 aliphatic heterocycles. The van der Waals surface area contributed by atoms with E-state index in [-0.39, 0.29) is 0 Å². The van der Waals surface area contributed by atoms with Crippen molar-refractivity contribution in [2.75, 3.05) is 19.0 Å². The fourth-order valence-electron chi connectivity index (χ4n) is 4.29. The van der Waals surface area contributed by atoms with Gasteiger partial charge >= 0.3 is 0 Å². The zero-order chi connectivity index (χ0) is 17.2. The van der Waals surface area contributed by atoms with Gasteiger partial charge < -0.3 is 9.26 Å². The fraction of sp³-hybridized carbons (Fsp3) is 0.476. The van der Waals surface area contributed by atoms with Crippen molar-refractivity contribution in [1.29, 1.82) is 0 Å². The molecule has 0 aliphatic carbocycles. The third kappa shape index (κ3) is 3.42. The summed E-state index contributed by atoms with van der Waals surface area (Å²) in [6.07, 6.45) is 4.80. The van der Waals surface area contributed by atoms with E-state index in [1.165, 1.54) is 16.0 Å². The lowest BCUT2D eigenvalue weighted by atomic mass is 9.74. The van der Waals surface area contributed by atoms with Gasteiger partial charge in [0.15, 0.2) is 0 Å². The molecule has 2 unspecified atom stereocenters. The van der Waals surface area contributed by atoms with Crippen LogP contribution in [0.5, 0.6) is 0 Å². The zero-order valence-corrected chi connectivity index (χ0v) is 15.7. The molecule has 3 nitrogen and oxygen atoms in total. The topological polar surface area (TPSA) is 35.3 Å². The van der Waals surface area contributed by atoms with Gasteiger partial charge in [-0.05, 0) is 50.0 Å². The summed E-state index contributed by atoms with van der Waals surface area (Å²) >= 11 is 1.95. The van der Waals surface area contributed by atoms with Crippen molar-refractivity contribution < 1.29 is 9.26 Å². The molecule has 0 amide bonds. The maximum absolute atomic E-state index is 5.62. The van der Waals surface area contributed by atoms with E-state index in [1.54, 1.807) is 0 Å². The predicted octanol–water partition coefficient (Wildman–Crippen LogP) is 5.21. The minimum absolute atomic E-state index is 0.555. The quantitative estimate of drug-likeness (QED) is 0.754. The van der Waals surface area contributed by atoms with Gasteiger partial charge in [-0.25, -0.2) is 0 Å². The summed E-state index contributed by atoms with van der Waals surface area (Å²) in [6.45, 7) is 5.84. The van der Waals surface area contributed by atoms with E-state index >= 15 is 0 Å². The average molecular weight is 356 g/mol. The number of hydrogen-bond donors (Lipinski definition) is 0. The van der Waals surface area contributed by atoms with Crippen LogP contribution in [0.25, 0.3) is 4.91 Å². The second-order valence-corrected chi connectivity index (χ2v) is 8.15. The zero-order valence-electron chi connectivity index (χ0n) is 14.9. The molecule has 25 heavy (non-hydrogen) atoms. The van der Waals surface area contributed by atoms with Crippen molar-refractivity contribution in [3.05, 3.63) is 59.0 Å². The lowest BCUT2D eigenvalue weighted by Crippen LogP contribution is -2.27. The second kappa shape index (κ2) is 7.38. The summed E-state index contributed by atoms with van der Waals surface area (Å²) in [5.74, 6) is 3.88. The SMILES string of the molecule is Cc1noc(C)c1C1=CC(C(c2ccccc2)C2CCOCC2)CS1. The molecule has 0 bridgehead atoms.